The molecule has 0 aliphatic carbocycles. The van der Waals surface area contributed by atoms with Crippen LogP contribution in [0, 0.1) is 5.92 Å². The first-order valence-corrected chi connectivity index (χ1v) is 6.27. The van der Waals surface area contributed by atoms with Crippen LogP contribution < -0.4 is 11.1 Å². The van der Waals surface area contributed by atoms with Crippen molar-refractivity contribution in [2.45, 2.75) is 51.6 Å². The number of unbranched alkanes of at least 4 members (excludes halogenated alkanes) is 1. The van der Waals surface area contributed by atoms with Gasteiger partial charge in [-0.25, -0.2) is 0 Å². The highest BCUT2D eigenvalue weighted by atomic mass is 16.5. The van der Waals surface area contributed by atoms with Gasteiger partial charge < -0.3 is 15.8 Å². The number of ether oxygens (including phenoxy) is 1. The lowest BCUT2D eigenvalue weighted by Gasteiger charge is -2.19. The van der Waals surface area contributed by atoms with Crippen molar-refractivity contribution < 1.29 is 4.74 Å². The molecule has 1 aliphatic rings. The van der Waals surface area contributed by atoms with E-state index in [4.69, 9.17) is 10.5 Å². The summed E-state index contributed by atoms with van der Waals surface area (Å²) < 4.78 is 5.38. The Balaban J connectivity index is 1.94. The second-order valence-electron chi connectivity index (χ2n) is 4.84. The molecule has 1 rings (SSSR count). The SMILES string of the molecule is CC(N)CCCCNC(C)C1CCOC1. The Bertz CT molecular complexity index is 156. The minimum atomic E-state index is 0.352. The normalized spacial score (nSPS) is 25.4. The zero-order valence-electron chi connectivity index (χ0n) is 10.2. The zero-order valence-corrected chi connectivity index (χ0v) is 10.2. The first kappa shape index (κ1) is 12.9. The topological polar surface area (TPSA) is 47.3 Å². The van der Waals surface area contributed by atoms with Crippen LogP contribution >= 0.6 is 0 Å². The summed E-state index contributed by atoms with van der Waals surface area (Å²) in [5.74, 6) is 0.721. The Hall–Kier alpha value is -0.120. The second-order valence-corrected chi connectivity index (χ2v) is 4.84. The summed E-state index contributed by atoms with van der Waals surface area (Å²) in [6.07, 6.45) is 4.83. The molecule has 0 aromatic rings. The molecule has 0 bridgehead atoms. The molecule has 0 spiro atoms. The molecule has 3 nitrogen and oxygen atoms in total. The first-order valence-electron chi connectivity index (χ1n) is 6.27. The van der Waals surface area contributed by atoms with Crippen molar-refractivity contribution in [3.8, 4) is 0 Å². The molecule has 1 heterocycles. The van der Waals surface area contributed by atoms with E-state index < -0.39 is 0 Å². The average molecular weight is 214 g/mol. The van der Waals surface area contributed by atoms with Crippen molar-refractivity contribution in [2.75, 3.05) is 19.8 Å². The lowest BCUT2D eigenvalue weighted by molar-refractivity contribution is 0.178. The van der Waals surface area contributed by atoms with E-state index in [2.05, 4.69) is 19.2 Å². The van der Waals surface area contributed by atoms with Gasteiger partial charge in [0, 0.05) is 18.7 Å². The lowest BCUT2D eigenvalue weighted by Crippen LogP contribution is -2.34. The molecule has 0 saturated carbocycles. The molecule has 0 amide bonds. The summed E-state index contributed by atoms with van der Waals surface area (Å²) in [7, 11) is 0. The van der Waals surface area contributed by atoms with Gasteiger partial charge >= 0.3 is 0 Å². The Morgan fingerprint density at radius 1 is 1.40 bits per heavy atom. The van der Waals surface area contributed by atoms with E-state index in [0.717, 1.165) is 32.1 Å². The Kier molecular flexibility index (Phi) is 6.22. The van der Waals surface area contributed by atoms with Gasteiger partial charge in [-0.3, -0.25) is 0 Å². The van der Waals surface area contributed by atoms with Crippen molar-refractivity contribution in [3.05, 3.63) is 0 Å². The van der Waals surface area contributed by atoms with E-state index in [-0.39, 0.29) is 0 Å². The van der Waals surface area contributed by atoms with Crippen LogP contribution in [0.1, 0.15) is 39.5 Å². The number of rotatable bonds is 7. The van der Waals surface area contributed by atoms with Crippen molar-refractivity contribution >= 4 is 0 Å². The van der Waals surface area contributed by atoms with Gasteiger partial charge in [0.2, 0.25) is 0 Å². The van der Waals surface area contributed by atoms with E-state index in [1.54, 1.807) is 0 Å². The van der Waals surface area contributed by atoms with E-state index >= 15 is 0 Å². The molecule has 1 saturated heterocycles. The minimum absolute atomic E-state index is 0.352. The van der Waals surface area contributed by atoms with Crippen LogP contribution in [0.15, 0.2) is 0 Å². The van der Waals surface area contributed by atoms with Crippen molar-refractivity contribution in [2.24, 2.45) is 11.7 Å². The zero-order chi connectivity index (χ0) is 11.1. The fraction of sp³-hybridized carbons (Fsp3) is 1.00. The van der Waals surface area contributed by atoms with Gasteiger partial charge in [0.1, 0.15) is 0 Å². The smallest absolute Gasteiger partial charge is 0.0509 e. The lowest BCUT2D eigenvalue weighted by atomic mass is 10.0. The van der Waals surface area contributed by atoms with Crippen molar-refractivity contribution in [1.29, 1.82) is 0 Å². The number of nitrogens with two attached hydrogens (primary N) is 1. The monoisotopic (exact) mass is 214 g/mol. The van der Waals surface area contributed by atoms with Gasteiger partial charge in [-0.15, -0.1) is 0 Å². The molecule has 0 aromatic carbocycles. The summed E-state index contributed by atoms with van der Waals surface area (Å²) in [5.41, 5.74) is 5.70. The van der Waals surface area contributed by atoms with Crippen molar-refractivity contribution in [1.82, 2.24) is 5.32 Å². The first-order chi connectivity index (χ1) is 7.20. The van der Waals surface area contributed by atoms with Gasteiger partial charge in [-0.1, -0.05) is 6.42 Å². The van der Waals surface area contributed by atoms with Gasteiger partial charge in [-0.2, -0.15) is 0 Å². The van der Waals surface area contributed by atoms with Crippen LogP contribution in [0.25, 0.3) is 0 Å². The minimum Gasteiger partial charge on any atom is -0.381 e. The quantitative estimate of drug-likeness (QED) is 0.632. The van der Waals surface area contributed by atoms with E-state index in [1.807, 2.05) is 0 Å². The average Bonchev–Trinajstić information content (AvgIpc) is 2.69. The largest absolute Gasteiger partial charge is 0.381 e. The number of nitrogens with one attached hydrogen (secondary N) is 1. The molecule has 3 N–H and O–H groups in total. The number of hydrogen-bond donors (Lipinski definition) is 2. The second kappa shape index (κ2) is 7.20. The van der Waals surface area contributed by atoms with Gasteiger partial charge in [0.15, 0.2) is 0 Å². The van der Waals surface area contributed by atoms with Crippen molar-refractivity contribution in [3.63, 3.8) is 0 Å². The molecule has 0 radical (unpaired) electrons. The number of hydrogen-bond acceptors (Lipinski definition) is 3. The maximum absolute atomic E-state index is 5.70. The molecule has 3 unspecified atom stereocenters. The van der Waals surface area contributed by atoms with E-state index in [0.29, 0.717) is 12.1 Å². The Labute approximate surface area is 93.8 Å². The molecule has 90 valence electrons. The third-order valence-electron chi connectivity index (χ3n) is 3.22. The standard InChI is InChI=1S/C12H26N2O/c1-10(13)5-3-4-7-14-11(2)12-6-8-15-9-12/h10-12,14H,3-9,13H2,1-2H3. The maximum atomic E-state index is 5.70. The molecule has 1 aliphatic heterocycles. The predicted molar refractivity (Wildman–Crippen MR) is 63.9 cm³/mol. The molecule has 3 atom stereocenters. The Morgan fingerprint density at radius 3 is 2.80 bits per heavy atom. The third kappa shape index (κ3) is 5.50. The Morgan fingerprint density at radius 2 is 2.20 bits per heavy atom. The summed E-state index contributed by atoms with van der Waals surface area (Å²) >= 11 is 0. The molecular weight excluding hydrogens is 188 g/mol. The van der Waals surface area contributed by atoms with E-state index in [9.17, 15) is 0 Å². The highest BCUT2D eigenvalue weighted by Gasteiger charge is 2.21. The summed E-state index contributed by atoms with van der Waals surface area (Å²) in [5, 5.41) is 3.58. The summed E-state index contributed by atoms with van der Waals surface area (Å²) in [6, 6.07) is 0.952. The van der Waals surface area contributed by atoms with Gasteiger partial charge in [0.25, 0.3) is 0 Å². The van der Waals surface area contributed by atoms with Crippen LogP contribution in [-0.2, 0) is 4.74 Å². The summed E-state index contributed by atoms with van der Waals surface area (Å²) in [4.78, 5) is 0. The van der Waals surface area contributed by atoms with Crippen LogP contribution in [0.2, 0.25) is 0 Å². The predicted octanol–water partition coefficient (Wildman–Crippen LogP) is 1.52. The summed E-state index contributed by atoms with van der Waals surface area (Å²) in [6.45, 7) is 7.34. The molecule has 0 aromatic heterocycles. The maximum Gasteiger partial charge on any atom is 0.0509 e. The van der Waals surface area contributed by atoms with Crippen LogP contribution in [0.3, 0.4) is 0 Å². The fourth-order valence-corrected chi connectivity index (χ4v) is 2.03. The van der Waals surface area contributed by atoms with Gasteiger partial charge in [-0.05, 0) is 45.6 Å². The molecular formula is C12H26N2O. The van der Waals surface area contributed by atoms with Gasteiger partial charge in [0.05, 0.1) is 6.61 Å². The molecule has 3 heteroatoms. The fourth-order valence-electron chi connectivity index (χ4n) is 2.03. The molecule has 1 fully saturated rings. The van der Waals surface area contributed by atoms with E-state index in [1.165, 1.54) is 19.3 Å². The van der Waals surface area contributed by atoms with Crippen LogP contribution in [0.4, 0.5) is 0 Å². The third-order valence-corrected chi connectivity index (χ3v) is 3.22. The highest BCUT2D eigenvalue weighted by Crippen LogP contribution is 2.16. The molecule has 15 heavy (non-hydrogen) atoms. The highest BCUT2D eigenvalue weighted by molar-refractivity contribution is 4.75. The van der Waals surface area contributed by atoms with Crippen LogP contribution in [-0.4, -0.2) is 31.8 Å². The van der Waals surface area contributed by atoms with Crippen LogP contribution in [0.5, 0.6) is 0 Å².